The second-order valence-electron chi connectivity index (χ2n) is 7.35. The number of carbonyl (C=O) groups is 2. The molecule has 2 heterocycles. The lowest BCUT2D eigenvalue weighted by molar-refractivity contribution is -0.123. The van der Waals surface area contributed by atoms with Crippen molar-refractivity contribution in [3.05, 3.63) is 39.8 Å². The summed E-state index contributed by atoms with van der Waals surface area (Å²) in [5, 5.41) is 11.8. The number of benzene rings is 1. The lowest BCUT2D eigenvalue weighted by atomic mass is 10.1. The van der Waals surface area contributed by atoms with E-state index in [4.69, 9.17) is 4.74 Å². The van der Waals surface area contributed by atoms with Crippen molar-refractivity contribution in [1.29, 1.82) is 0 Å². The Bertz CT molecular complexity index is 944. The first kappa shape index (κ1) is 22.1. The molecule has 2 aromatic rings. The van der Waals surface area contributed by atoms with Gasteiger partial charge in [0.1, 0.15) is 0 Å². The predicted molar refractivity (Wildman–Crippen MR) is 115 cm³/mol. The zero-order valence-electron chi connectivity index (χ0n) is 17.4. The standard InChI is InChI=1S/C20H27N5O4S/c1-12-6-4-7-13(2)17(12)22-16(26)10-21-18(27)14(3)30-20-24-23-19(28)25(20)11-15-8-5-9-29-15/h4,6-7,14-15H,5,8-11H2,1-3H3,(H,21,27)(H,22,26)(H,23,28). The van der Waals surface area contributed by atoms with Crippen LogP contribution >= 0.6 is 11.8 Å². The molecule has 0 spiro atoms. The predicted octanol–water partition coefficient (Wildman–Crippen LogP) is 1.60. The molecule has 2 amide bonds. The number of carbonyl (C=O) groups excluding carboxylic acids is 2. The van der Waals surface area contributed by atoms with Crippen molar-refractivity contribution in [2.75, 3.05) is 18.5 Å². The Morgan fingerprint density at radius 2 is 2.10 bits per heavy atom. The quantitative estimate of drug-likeness (QED) is 0.544. The normalized spacial score (nSPS) is 17.0. The largest absolute Gasteiger partial charge is 0.376 e. The van der Waals surface area contributed by atoms with Gasteiger partial charge >= 0.3 is 5.69 Å². The number of hydrogen-bond acceptors (Lipinski definition) is 6. The van der Waals surface area contributed by atoms with E-state index in [2.05, 4.69) is 20.8 Å². The number of amides is 2. The van der Waals surface area contributed by atoms with Crippen molar-refractivity contribution < 1.29 is 14.3 Å². The highest BCUT2D eigenvalue weighted by molar-refractivity contribution is 8.00. The van der Waals surface area contributed by atoms with Crippen molar-refractivity contribution in [3.63, 3.8) is 0 Å². The highest BCUT2D eigenvalue weighted by Crippen LogP contribution is 2.22. The molecule has 0 saturated carbocycles. The fourth-order valence-electron chi connectivity index (χ4n) is 3.26. The highest BCUT2D eigenvalue weighted by atomic mass is 32.2. The van der Waals surface area contributed by atoms with Crippen molar-refractivity contribution in [3.8, 4) is 0 Å². The Kier molecular flexibility index (Phi) is 7.33. The molecule has 0 bridgehead atoms. The molecule has 3 N–H and O–H groups in total. The Labute approximate surface area is 179 Å². The second-order valence-corrected chi connectivity index (χ2v) is 8.66. The maximum atomic E-state index is 12.4. The van der Waals surface area contributed by atoms with E-state index in [1.807, 2.05) is 32.0 Å². The Hall–Kier alpha value is -2.59. The number of hydrogen-bond donors (Lipinski definition) is 3. The minimum atomic E-state index is -0.531. The number of ether oxygens (including phenoxy) is 1. The van der Waals surface area contributed by atoms with Crippen LogP contribution in [-0.4, -0.2) is 51.1 Å². The molecule has 2 unspecified atom stereocenters. The van der Waals surface area contributed by atoms with Crippen molar-refractivity contribution >= 4 is 29.3 Å². The molecule has 1 fully saturated rings. The van der Waals surface area contributed by atoms with Crippen LogP contribution in [0.25, 0.3) is 0 Å². The van der Waals surface area contributed by atoms with E-state index in [0.717, 1.165) is 41.4 Å². The van der Waals surface area contributed by atoms with Crippen LogP contribution in [0.1, 0.15) is 30.9 Å². The molecule has 3 rings (SSSR count). The third-order valence-electron chi connectivity index (χ3n) is 4.95. The minimum absolute atomic E-state index is 0.0163. The fraction of sp³-hybridized carbons (Fsp3) is 0.500. The van der Waals surface area contributed by atoms with E-state index in [1.54, 1.807) is 6.92 Å². The van der Waals surface area contributed by atoms with Gasteiger partial charge in [0.15, 0.2) is 5.16 Å². The number of aromatic amines is 1. The van der Waals surface area contributed by atoms with Crippen LogP contribution in [0.5, 0.6) is 0 Å². The number of thioether (sulfide) groups is 1. The zero-order chi connectivity index (χ0) is 21.7. The smallest absolute Gasteiger partial charge is 0.344 e. The average molecular weight is 434 g/mol. The van der Waals surface area contributed by atoms with E-state index in [1.165, 1.54) is 4.57 Å². The van der Waals surface area contributed by atoms with Crippen LogP contribution in [0.4, 0.5) is 5.69 Å². The average Bonchev–Trinajstić information content (AvgIpc) is 3.34. The number of aromatic nitrogens is 3. The van der Waals surface area contributed by atoms with Gasteiger partial charge in [-0.15, -0.1) is 5.10 Å². The molecule has 1 aliphatic heterocycles. The van der Waals surface area contributed by atoms with Gasteiger partial charge in [-0.2, -0.15) is 0 Å². The first-order chi connectivity index (χ1) is 14.3. The monoisotopic (exact) mass is 433 g/mol. The van der Waals surface area contributed by atoms with Crippen LogP contribution in [0.2, 0.25) is 0 Å². The SMILES string of the molecule is Cc1cccc(C)c1NC(=O)CNC(=O)C(C)Sc1n[nH]c(=O)n1CC1CCCO1. The number of anilines is 1. The van der Waals surface area contributed by atoms with E-state index < -0.39 is 5.25 Å². The van der Waals surface area contributed by atoms with Crippen LogP contribution in [0.15, 0.2) is 28.2 Å². The fourth-order valence-corrected chi connectivity index (χ4v) is 4.15. The van der Waals surface area contributed by atoms with Gasteiger partial charge in [0.05, 0.1) is 24.4 Å². The topological polar surface area (TPSA) is 118 Å². The number of nitrogens with one attached hydrogen (secondary N) is 3. The number of nitrogens with zero attached hydrogens (tertiary/aromatic N) is 2. The van der Waals surface area contributed by atoms with Crippen molar-refractivity contribution in [2.24, 2.45) is 0 Å². The molecule has 30 heavy (non-hydrogen) atoms. The van der Waals surface area contributed by atoms with Crippen LogP contribution in [0, 0.1) is 13.8 Å². The summed E-state index contributed by atoms with van der Waals surface area (Å²) < 4.78 is 7.08. The third kappa shape index (κ3) is 5.51. The van der Waals surface area contributed by atoms with Crippen LogP contribution < -0.4 is 16.3 Å². The zero-order valence-corrected chi connectivity index (χ0v) is 18.2. The molecule has 1 aliphatic rings. The highest BCUT2D eigenvalue weighted by Gasteiger charge is 2.23. The lowest BCUT2D eigenvalue weighted by Crippen LogP contribution is -2.37. The van der Waals surface area contributed by atoms with Gasteiger partial charge in [-0.3, -0.25) is 14.2 Å². The number of H-pyrrole nitrogens is 1. The van der Waals surface area contributed by atoms with E-state index in [0.29, 0.717) is 18.3 Å². The lowest BCUT2D eigenvalue weighted by Gasteiger charge is -2.15. The Balaban J connectivity index is 1.53. The summed E-state index contributed by atoms with van der Waals surface area (Å²) in [6.07, 6.45) is 1.85. The first-order valence-electron chi connectivity index (χ1n) is 9.92. The van der Waals surface area contributed by atoms with E-state index >= 15 is 0 Å². The summed E-state index contributed by atoms with van der Waals surface area (Å²) in [6.45, 7) is 6.51. The molecule has 0 radical (unpaired) electrons. The summed E-state index contributed by atoms with van der Waals surface area (Å²) in [6, 6.07) is 5.76. The van der Waals surface area contributed by atoms with Crippen molar-refractivity contribution in [2.45, 2.75) is 56.7 Å². The summed E-state index contributed by atoms with van der Waals surface area (Å²) in [7, 11) is 0. The summed E-state index contributed by atoms with van der Waals surface area (Å²) >= 11 is 1.16. The first-order valence-corrected chi connectivity index (χ1v) is 10.8. The molecule has 1 saturated heterocycles. The van der Waals surface area contributed by atoms with Gasteiger partial charge in [0.25, 0.3) is 0 Å². The molecule has 2 atom stereocenters. The summed E-state index contributed by atoms with van der Waals surface area (Å²) in [4.78, 5) is 36.7. The summed E-state index contributed by atoms with van der Waals surface area (Å²) in [5.74, 6) is -0.608. The molecular weight excluding hydrogens is 406 g/mol. The molecular formula is C20H27N5O4S. The second kappa shape index (κ2) is 9.94. The van der Waals surface area contributed by atoms with Gasteiger partial charge in [-0.25, -0.2) is 9.89 Å². The maximum Gasteiger partial charge on any atom is 0.344 e. The maximum absolute atomic E-state index is 12.4. The third-order valence-corrected chi connectivity index (χ3v) is 6.04. The van der Waals surface area contributed by atoms with Gasteiger partial charge in [0.2, 0.25) is 11.8 Å². The van der Waals surface area contributed by atoms with Gasteiger partial charge in [-0.1, -0.05) is 30.0 Å². The molecule has 1 aromatic heterocycles. The summed E-state index contributed by atoms with van der Waals surface area (Å²) in [5.41, 5.74) is 2.35. The van der Waals surface area contributed by atoms with E-state index in [9.17, 15) is 14.4 Å². The molecule has 10 heteroatoms. The van der Waals surface area contributed by atoms with Crippen LogP contribution in [-0.2, 0) is 20.9 Å². The molecule has 1 aromatic carbocycles. The Morgan fingerprint density at radius 1 is 1.37 bits per heavy atom. The number of rotatable bonds is 8. The van der Waals surface area contributed by atoms with Gasteiger partial charge in [-0.05, 0) is 44.7 Å². The molecule has 162 valence electrons. The van der Waals surface area contributed by atoms with Crippen molar-refractivity contribution in [1.82, 2.24) is 20.1 Å². The number of aryl methyl sites for hydroxylation is 2. The number of para-hydroxylation sites is 1. The van der Waals surface area contributed by atoms with Gasteiger partial charge in [0, 0.05) is 12.3 Å². The van der Waals surface area contributed by atoms with Gasteiger partial charge < -0.3 is 15.4 Å². The van der Waals surface area contributed by atoms with E-state index in [-0.39, 0.29) is 30.2 Å². The molecule has 0 aliphatic carbocycles. The minimum Gasteiger partial charge on any atom is -0.376 e. The van der Waals surface area contributed by atoms with Crippen LogP contribution in [0.3, 0.4) is 0 Å². The molecule has 9 nitrogen and oxygen atoms in total. The Morgan fingerprint density at radius 3 is 2.77 bits per heavy atom.